The van der Waals surface area contributed by atoms with Gasteiger partial charge in [-0.2, -0.15) is 0 Å². The summed E-state index contributed by atoms with van der Waals surface area (Å²) in [4.78, 5) is 11.8. The third-order valence-electron chi connectivity index (χ3n) is 2.99. The molecule has 2 aromatic carbocycles. The molecule has 1 amide bonds. The number of anilines is 2. The van der Waals surface area contributed by atoms with Crippen molar-refractivity contribution in [3.05, 3.63) is 59.7 Å². The molecule has 2 N–H and O–H groups in total. The van der Waals surface area contributed by atoms with E-state index in [4.69, 9.17) is 0 Å². The van der Waals surface area contributed by atoms with Crippen LogP contribution in [-0.2, 0) is 11.2 Å². The number of benzene rings is 2. The van der Waals surface area contributed by atoms with Crippen molar-refractivity contribution >= 4 is 17.3 Å². The van der Waals surface area contributed by atoms with Gasteiger partial charge in [-0.1, -0.05) is 19.1 Å². The largest absolute Gasteiger partial charge is 0.376 e. The van der Waals surface area contributed by atoms with E-state index in [9.17, 15) is 13.6 Å². The monoisotopic (exact) mass is 290 g/mol. The molecule has 0 saturated carbocycles. The Morgan fingerprint density at radius 1 is 1.05 bits per heavy atom. The van der Waals surface area contributed by atoms with Crippen molar-refractivity contribution in [2.24, 2.45) is 0 Å². The van der Waals surface area contributed by atoms with E-state index in [0.717, 1.165) is 24.1 Å². The second-order valence-electron chi connectivity index (χ2n) is 4.58. The van der Waals surface area contributed by atoms with Crippen molar-refractivity contribution in [1.29, 1.82) is 0 Å². The summed E-state index contributed by atoms with van der Waals surface area (Å²) >= 11 is 0. The van der Waals surface area contributed by atoms with Gasteiger partial charge in [0, 0.05) is 17.4 Å². The second-order valence-corrected chi connectivity index (χ2v) is 4.58. The first-order chi connectivity index (χ1) is 10.1. The Labute approximate surface area is 122 Å². The maximum Gasteiger partial charge on any atom is 0.243 e. The van der Waals surface area contributed by atoms with Gasteiger partial charge in [0.15, 0.2) is 11.6 Å². The van der Waals surface area contributed by atoms with E-state index < -0.39 is 11.6 Å². The summed E-state index contributed by atoms with van der Waals surface area (Å²) in [5.41, 5.74) is 2.19. The topological polar surface area (TPSA) is 41.1 Å². The fourth-order valence-corrected chi connectivity index (χ4v) is 1.86. The molecule has 0 aliphatic rings. The number of aryl methyl sites for hydroxylation is 1. The fraction of sp³-hybridized carbons (Fsp3) is 0.188. The highest BCUT2D eigenvalue weighted by Gasteiger charge is 2.05. The zero-order valence-corrected chi connectivity index (χ0v) is 11.6. The second kappa shape index (κ2) is 6.83. The lowest BCUT2D eigenvalue weighted by molar-refractivity contribution is -0.114. The molecule has 0 saturated heterocycles. The standard InChI is InChI=1S/C16H16F2N2O/c1-2-11-4-3-5-13(8-11)20-16(21)10-19-12-6-7-14(17)15(18)9-12/h3-9,19H,2,10H2,1H3,(H,20,21). The Hall–Kier alpha value is -2.43. The van der Waals surface area contributed by atoms with Crippen LogP contribution in [0.2, 0.25) is 0 Å². The summed E-state index contributed by atoms with van der Waals surface area (Å²) < 4.78 is 25.8. The van der Waals surface area contributed by atoms with E-state index >= 15 is 0 Å². The predicted molar refractivity (Wildman–Crippen MR) is 79.3 cm³/mol. The zero-order chi connectivity index (χ0) is 15.2. The molecule has 21 heavy (non-hydrogen) atoms. The molecule has 0 radical (unpaired) electrons. The zero-order valence-electron chi connectivity index (χ0n) is 11.6. The van der Waals surface area contributed by atoms with Gasteiger partial charge in [-0.05, 0) is 36.2 Å². The van der Waals surface area contributed by atoms with E-state index in [0.29, 0.717) is 11.4 Å². The molecule has 0 aliphatic heterocycles. The smallest absolute Gasteiger partial charge is 0.243 e. The lowest BCUT2D eigenvalue weighted by Crippen LogP contribution is -2.21. The SMILES string of the molecule is CCc1cccc(NC(=O)CNc2ccc(F)c(F)c2)c1. The minimum absolute atomic E-state index is 0.0264. The number of carbonyl (C=O) groups excluding carboxylic acids is 1. The van der Waals surface area contributed by atoms with E-state index in [-0.39, 0.29) is 12.5 Å². The maximum atomic E-state index is 13.0. The third-order valence-corrected chi connectivity index (χ3v) is 2.99. The van der Waals surface area contributed by atoms with Crippen LogP contribution in [0.25, 0.3) is 0 Å². The molecule has 0 spiro atoms. The minimum atomic E-state index is -0.948. The number of rotatable bonds is 5. The fourth-order valence-electron chi connectivity index (χ4n) is 1.86. The van der Waals surface area contributed by atoms with Gasteiger partial charge in [-0.3, -0.25) is 4.79 Å². The molecule has 0 bridgehead atoms. The summed E-state index contributed by atoms with van der Waals surface area (Å²) in [6.45, 7) is 2.01. The maximum absolute atomic E-state index is 13.0. The summed E-state index contributed by atoms with van der Waals surface area (Å²) in [5, 5.41) is 5.49. The number of carbonyl (C=O) groups is 1. The van der Waals surface area contributed by atoms with Crippen LogP contribution >= 0.6 is 0 Å². The van der Waals surface area contributed by atoms with Crippen LogP contribution in [-0.4, -0.2) is 12.5 Å². The molecule has 0 unspecified atom stereocenters. The Morgan fingerprint density at radius 3 is 2.57 bits per heavy atom. The average molecular weight is 290 g/mol. The van der Waals surface area contributed by atoms with Crippen molar-refractivity contribution in [2.45, 2.75) is 13.3 Å². The van der Waals surface area contributed by atoms with Gasteiger partial charge in [0.2, 0.25) is 5.91 Å². The van der Waals surface area contributed by atoms with Crippen LogP contribution in [0.1, 0.15) is 12.5 Å². The molecular formula is C16H16F2N2O. The Kier molecular flexibility index (Phi) is 4.87. The van der Waals surface area contributed by atoms with Crippen LogP contribution in [0, 0.1) is 11.6 Å². The molecule has 0 aliphatic carbocycles. The van der Waals surface area contributed by atoms with Gasteiger partial charge in [-0.15, -0.1) is 0 Å². The summed E-state index contributed by atoms with van der Waals surface area (Å²) in [5.74, 6) is -2.12. The lowest BCUT2D eigenvalue weighted by atomic mass is 10.1. The first kappa shape index (κ1) is 15.0. The third kappa shape index (κ3) is 4.27. The highest BCUT2D eigenvalue weighted by atomic mass is 19.2. The molecule has 0 atom stereocenters. The number of nitrogens with one attached hydrogen (secondary N) is 2. The van der Waals surface area contributed by atoms with E-state index in [2.05, 4.69) is 10.6 Å². The molecule has 0 aromatic heterocycles. The molecule has 2 rings (SSSR count). The van der Waals surface area contributed by atoms with Gasteiger partial charge in [0.1, 0.15) is 0 Å². The molecular weight excluding hydrogens is 274 g/mol. The van der Waals surface area contributed by atoms with Crippen molar-refractivity contribution in [3.8, 4) is 0 Å². The highest BCUT2D eigenvalue weighted by molar-refractivity contribution is 5.93. The normalized spacial score (nSPS) is 10.2. The molecule has 0 heterocycles. The minimum Gasteiger partial charge on any atom is -0.376 e. The van der Waals surface area contributed by atoms with Gasteiger partial charge >= 0.3 is 0 Å². The molecule has 5 heteroatoms. The number of halogens is 2. The average Bonchev–Trinajstić information content (AvgIpc) is 2.48. The molecule has 2 aromatic rings. The van der Waals surface area contributed by atoms with Crippen molar-refractivity contribution in [2.75, 3.05) is 17.2 Å². The van der Waals surface area contributed by atoms with Crippen LogP contribution in [0.5, 0.6) is 0 Å². The van der Waals surface area contributed by atoms with Crippen LogP contribution in [0.4, 0.5) is 20.2 Å². The predicted octanol–water partition coefficient (Wildman–Crippen LogP) is 3.58. The van der Waals surface area contributed by atoms with Crippen LogP contribution in [0.3, 0.4) is 0 Å². The van der Waals surface area contributed by atoms with Crippen molar-refractivity contribution in [1.82, 2.24) is 0 Å². The first-order valence-electron chi connectivity index (χ1n) is 6.66. The number of hydrogen-bond acceptors (Lipinski definition) is 2. The Balaban J connectivity index is 1.90. The van der Waals surface area contributed by atoms with Gasteiger partial charge in [-0.25, -0.2) is 8.78 Å². The molecule has 0 fully saturated rings. The van der Waals surface area contributed by atoms with Gasteiger partial charge < -0.3 is 10.6 Å². The van der Waals surface area contributed by atoms with Crippen molar-refractivity contribution in [3.63, 3.8) is 0 Å². The Bertz CT molecular complexity index is 644. The summed E-state index contributed by atoms with van der Waals surface area (Å²) in [7, 11) is 0. The van der Waals surface area contributed by atoms with E-state index in [1.165, 1.54) is 6.07 Å². The molecule has 110 valence electrons. The van der Waals surface area contributed by atoms with Crippen LogP contribution < -0.4 is 10.6 Å². The first-order valence-corrected chi connectivity index (χ1v) is 6.66. The number of amides is 1. The van der Waals surface area contributed by atoms with Gasteiger partial charge in [0.25, 0.3) is 0 Å². The van der Waals surface area contributed by atoms with Gasteiger partial charge in [0.05, 0.1) is 6.54 Å². The summed E-state index contributed by atoms with van der Waals surface area (Å²) in [6.07, 6.45) is 0.886. The lowest BCUT2D eigenvalue weighted by Gasteiger charge is -2.09. The summed E-state index contributed by atoms with van der Waals surface area (Å²) in [6, 6.07) is 11.0. The van der Waals surface area contributed by atoms with E-state index in [1.807, 2.05) is 25.1 Å². The quantitative estimate of drug-likeness (QED) is 0.883. The van der Waals surface area contributed by atoms with Crippen molar-refractivity contribution < 1.29 is 13.6 Å². The Morgan fingerprint density at radius 2 is 1.86 bits per heavy atom. The highest BCUT2D eigenvalue weighted by Crippen LogP contribution is 2.13. The molecule has 3 nitrogen and oxygen atoms in total. The van der Waals surface area contributed by atoms with E-state index in [1.54, 1.807) is 6.07 Å². The van der Waals surface area contributed by atoms with Crippen LogP contribution in [0.15, 0.2) is 42.5 Å². The number of hydrogen-bond donors (Lipinski definition) is 2.